The highest BCUT2D eigenvalue weighted by Gasteiger charge is 2.21. The first-order chi connectivity index (χ1) is 12.3. The van der Waals surface area contributed by atoms with E-state index >= 15 is 0 Å². The van der Waals surface area contributed by atoms with E-state index in [1.54, 1.807) is 11.3 Å². The van der Waals surface area contributed by atoms with Gasteiger partial charge in [0.15, 0.2) is 5.96 Å². The summed E-state index contributed by atoms with van der Waals surface area (Å²) in [5, 5.41) is 8.53. The van der Waals surface area contributed by atoms with Gasteiger partial charge in [-0.3, -0.25) is 4.79 Å². The number of carbonyl (C=O) groups excluding carboxylic acids is 1. The maximum atomic E-state index is 12.7. The molecule has 0 radical (unpaired) electrons. The van der Waals surface area contributed by atoms with Gasteiger partial charge in [0.2, 0.25) is 5.91 Å². The van der Waals surface area contributed by atoms with Gasteiger partial charge in [-0.2, -0.15) is 0 Å². The van der Waals surface area contributed by atoms with E-state index in [1.165, 1.54) is 10.4 Å². The zero-order valence-corrected chi connectivity index (χ0v) is 15.3. The average molecular weight is 356 g/mol. The number of benzene rings is 1. The third-order valence-corrected chi connectivity index (χ3v) is 5.01. The standard InChI is InChI=1S/C19H24N4OS/c1-2-20-19(21-13-16-9-6-12-25-16)22-14-18(24)23-11-5-8-15-7-3-4-10-17(15)23/h3-4,6-7,9-10,12H,2,5,8,11,13-14H2,1H3,(H2,20,21,22). The maximum Gasteiger partial charge on any atom is 0.248 e. The van der Waals surface area contributed by atoms with Crippen LogP contribution >= 0.6 is 11.3 Å². The van der Waals surface area contributed by atoms with Crippen LogP contribution in [0, 0.1) is 0 Å². The lowest BCUT2D eigenvalue weighted by Crippen LogP contribution is -2.40. The number of guanidine groups is 1. The molecule has 1 aromatic carbocycles. The number of aliphatic imine (C=N–C) groups is 1. The van der Waals surface area contributed by atoms with E-state index in [9.17, 15) is 4.79 Å². The van der Waals surface area contributed by atoms with Crippen LogP contribution in [0.15, 0.2) is 46.8 Å². The number of anilines is 1. The Hall–Kier alpha value is -2.34. The molecule has 1 amide bonds. The summed E-state index contributed by atoms with van der Waals surface area (Å²) in [6.45, 7) is 4.41. The summed E-state index contributed by atoms with van der Waals surface area (Å²) in [5.41, 5.74) is 2.28. The lowest BCUT2D eigenvalue weighted by Gasteiger charge is -2.29. The highest BCUT2D eigenvalue weighted by molar-refractivity contribution is 7.09. The van der Waals surface area contributed by atoms with E-state index in [-0.39, 0.29) is 12.5 Å². The molecule has 0 aliphatic carbocycles. The number of fused-ring (bicyclic) bond motifs is 1. The number of hydrogen-bond acceptors (Lipinski definition) is 3. The van der Waals surface area contributed by atoms with E-state index in [0.29, 0.717) is 12.5 Å². The van der Waals surface area contributed by atoms with Crippen molar-refractivity contribution < 1.29 is 4.79 Å². The highest BCUT2D eigenvalue weighted by atomic mass is 32.1. The zero-order chi connectivity index (χ0) is 17.5. The third kappa shape index (κ3) is 4.60. The molecule has 3 rings (SSSR count). The molecule has 25 heavy (non-hydrogen) atoms. The summed E-state index contributed by atoms with van der Waals surface area (Å²) in [6.07, 6.45) is 2.04. The van der Waals surface area contributed by atoms with Gasteiger partial charge in [0.1, 0.15) is 6.54 Å². The van der Waals surface area contributed by atoms with Crippen molar-refractivity contribution in [3.63, 3.8) is 0 Å². The Balaban J connectivity index is 1.63. The fourth-order valence-corrected chi connectivity index (χ4v) is 3.60. The predicted octanol–water partition coefficient (Wildman–Crippen LogP) is 2.78. The number of nitrogens with zero attached hydrogens (tertiary/aromatic N) is 2. The van der Waals surface area contributed by atoms with E-state index < -0.39 is 0 Å². The lowest BCUT2D eigenvalue weighted by atomic mass is 10.0. The average Bonchev–Trinajstić information content (AvgIpc) is 3.17. The summed E-state index contributed by atoms with van der Waals surface area (Å²) in [7, 11) is 0. The van der Waals surface area contributed by atoms with Gasteiger partial charge in [0, 0.05) is 23.7 Å². The Morgan fingerprint density at radius 3 is 2.92 bits per heavy atom. The number of amides is 1. The molecule has 1 aromatic heterocycles. The monoisotopic (exact) mass is 356 g/mol. The SMILES string of the molecule is CCNC(=NCC(=O)N1CCCc2ccccc21)NCc1cccs1. The van der Waals surface area contributed by atoms with Crippen LogP contribution in [0.5, 0.6) is 0 Å². The molecule has 0 bridgehead atoms. The third-order valence-electron chi connectivity index (χ3n) is 4.14. The van der Waals surface area contributed by atoms with E-state index in [1.807, 2.05) is 36.1 Å². The number of para-hydroxylation sites is 1. The molecule has 6 heteroatoms. The van der Waals surface area contributed by atoms with Gasteiger partial charge in [-0.05, 0) is 42.8 Å². The highest BCUT2D eigenvalue weighted by Crippen LogP contribution is 2.26. The second-order valence-corrected chi connectivity index (χ2v) is 6.94. The zero-order valence-electron chi connectivity index (χ0n) is 14.5. The molecule has 0 fully saturated rings. The quantitative estimate of drug-likeness (QED) is 0.640. The molecule has 1 aliphatic heterocycles. The second-order valence-electron chi connectivity index (χ2n) is 5.91. The van der Waals surface area contributed by atoms with Gasteiger partial charge in [-0.25, -0.2) is 4.99 Å². The summed E-state index contributed by atoms with van der Waals surface area (Å²) >= 11 is 1.70. The molecule has 2 heterocycles. The van der Waals surface area contributed by atoms with Crippen LogP contribution in [0.25, 0.3) is 0 Å². The van der Waals surface area contributed by atoms with Crippen molar-refractivity contribution in [1.29, 1.82) is 0 Å². The molecule has 2 N–H and O–H groups in total. The van der Waals surface area contributed by atoms with Crippen LogP contribution in [0.4, 0.5) is 5.69 Å². The van der Waals surface area contributed by atoms with Crippen molar-refractivity contribution in [2.24, 2.45) is 4.99 Å². The number of hydrogen-bond donors (Lipinski definition) is 2. The molecule has 132 valence electrons. The van der Waals surface area contributed by atoms with Crippen LogP contribution in [0.3, 0.4) is 0 Å². The smallest absolute Gasteiger partial charge is 0.248 e. The van der Waals surface area contributed by atoms with Crippen molar-refractivity contribution in [3.8, 4) is 0 Å². The molecule has 0 unspecified atom stereocenters. The summed E-state index contributed by atoms with van der Waals surface area (Å²) in [4.78, 5) is 20.2. The molecule has 0 saturated heterocycles. The van der Waals surface area contributed by atoms with Crippen LogP contribution in [0.1, 0.15) is 23.8 Å². The molecule has 0 spiro atoms. The molecule has 0 saturated carbocycles. The Bertz CT molecular complexity index is 727. The molecular weight excluding hydrogens is 332 g/mol. The Morgan fingerprint density at radius 1 is 1.24 bits per heavy atom. The second kappa shape index (κ2) is 8.67. The van der Waals surface area contributed by atoms with Gasteiger partial charge < -0.3 is 15.5 Å². The van der Waals surface area contributed by atoms with Crippen LogP contribution in [0.2, 0.25) is 0 Å². The van der Waals surface area contributed by atoms with Crippen LogP contribution in [-0.4, -0.2) is 31.5 Å². The molecule has 0 atom stereocenters. The number of aryl methyl sites for hydroxylation is 1. The predicted molar refractivity (Wildman–Crippen MR) is 104 cm³/mol. The minimum atomic E-state index is 0.0421. The van der Waals surface area contributed by atoms with Crippen LogP contribution < -0.4 is 15.5 Å². The fourth-order valence-electron chi connectivity index (χ4n) is 2.95. The Labute approximate surface area is 152 Å². The van der Waals surface area contributed by atoms with Crippen LogP contribution in [-0.2, 0) is 17.8 Å². The van der Waals surface area contributed by atoms with Gasteiger partial charge in [-0.1, -0.05) is 24.3 Å². The normalized spacial score (nSPS) is 14.1. The minimum Gasteiger partial charge on any atom is -0.357 e. The first kappa shape index (κ1) is 17.5. The van der Waals surface area contributed by atoms with Gasteiger partial charge in [-0.15, -0.1) is 11.3 Å². The van der Waals surface area contributed by atoms with Gasteiger partial charge in [0.25, 0.3) is 0 Å². The Morgan fingerprint density at radius 2 is 2.12 bits per heavy atom. The first-order valence-corrected chi connectivity index (χ1v) is 9.58. The van der Waals surface area contributed by atoms with Gasteiger partial charge >= 0.3 is 0 Å². The van der Waals surface area contributed by atoms with E-state index in [4.69, 9.17) is 0 Å². The van der Waals surface area contributed by atoms with E-state index in [2.05, 4.69) is 33.1 Å². The maximum absolute atomic E-state index is 12.7. The number of nitrogens with one attached hydrogen (secondary N) is 2. The summed E-state index contributed by atoms with van der Waals surface area (Å²) in [5.74, 6) is 0.718. The van der Waals surface area contributed by atoms with Gasteiger partial charge in [0.05, 0.1) is 6.54 Å². The lowest BCUT2D eigenvalue weighted by molar-refractivity contribution is -0.117. The van der Waals surface area contributed by atoms with Crippen molar-refractivity contribution in [2.75, 3.05) is 24.5 Å². The van der Waals surface area contributed by atoms with Crippen molar-refractivity contribution in [1.82, 2.24) is 10.6 Å². The summed E-state index contributed by atoms with van der Waals surface area (Å²) < 4.78 is 0. The number of carbonyl (C=O) groups is 1. The topological polar surface area (TPSA) is 56.7 Å². The minimum absolute atomic E-state index is 0.0421. The van der Waals surface area contributed by atoms with Crippen molar-refractivity contribution >= 4 is 28.9 Å². The molecule has 5 nitrogen and oxygen atoms in total. The fraction of sp³-hybridized carbons (Fsp3) is 0.368. The van der Waals surface area contributed by atoms with Crippen molar-refractivity contribution in [3.05, 3.63) is 52.2 Å². The van der Waals surface area contributed by atoms with Crippen molar-refractivity contribution in [2.45, 2.75) is 26.3 Å². The largest absolute Gasteiger partial charge is 0.357 e. The first-order valence-electron chi connectivity index (χ1n) is 8.70. The molecule has 2 aromatic rings. The Kier molecular flexibility index (Phi) is 6.06. The number of rotatable bonds is 5. The van der Waals surface area contributed by atoms with E-state index in [0.717, 1.165) is 31.6 Å². The summed E-state index contributed by atoms with van der Waals surface area (Å²) in [6, 6.07) is 12.3. The number of thiophene rings is 1. The molecule has 1 aliphatic rings. The molecular formula is C19H24N4OS.